The van der Waals surface area contributed by atoms with Gasteiger partial charge >= 0.3 is 0 Å². The Labute approximate surface area is 171 Å². The molecule has 0 aliphatic carbocycles. The number of hydrogen-bond acceptors (Lipinski definition) is 5. The molecule has 3 rings (SSSR count). The van der Waals surface area contributed by atoms with Crippen LogP contribution in [0.5, 0.6) is 11.5 Å². The number of piperidine rings is 1. The standard InChI is InChI=1S/C21H26N2O5S/c1-15-6-8-20(9-7-15)29(25,26)23-10-4-5-16(14-23)21(24)22-17-11-18(27-2)13-19(12-17)28-3/h6-9,11-13,16H,4-5,10,14H2,1-3H3,(H,22,24). The molecule has 0 saturated carbocycles. The number of rotatable bonds is 6. The smallest absolute Gasteiger partial charge is 0.243 e. The van der Waals surface area contributed by atoms with Gasteiger partial charge in [-0.2, -0.15) is 4.31 Å². The van der Waals surface area contributed by atoms with Crippen molar-refractivity contribution in [2.75, 3.05) is 32.6 Å². The summed E-state index contributed by atoms with van der Waals surface area (Å²) in [4.78, 5) is 13.1. The monoisotopic (exact) mass is 418 g/mol. The lowest BCUT2D eigenvalue weighted by atomic mass is 9.98. The van der Waals surface area contributed by atoms with Crippen molar-refractivity contribution in [3.63, 3.8) is 0 Å². The number of nitrogens with zero attached hydrogens (tertiary/aromatic N) is 1. The van der Waals surface area contributed by atoms with Crippen molar-refractivity contribution in [2.45, 2.75) is 24.7 Å². The van der Waals surface area contributed by atoms with Crippen LogP contribution in [0.2, 0.25) is 0 Å². The zero-order valence-corrected chi connectivity index (χ0v) is 17.7. The third kappa shape index (κ3) is 4.89. The Morgan fingerprint density at radius 1 is 1.07 bits per heavy atom. The Hall–Kier alpha value is -2.58. The molecule has 1 amide bonds. The highest BCUT2D eigenvalue weighted by molar-refractivity contribution is 7.89. The average molecular weight is 419 g/mol. The summed E-state index contributed by atoms with van der Waals surface area (Å²) < 4.78 is 37.8. The second-order valence-electron chi connectivity index (χ2n) is 7.11. The molecular weight excluding hydrogens is 392 g/mol. The van der Waals surface area contributed by atoms with E-state index in [4.69, 9.17) is 9.47 Å². The summed E-state index contributed by atoms with van der Waals surface area (Å²) in [6.07, 6.45) is 1.26. The summed E-state index contributed by atoms with van der Waals surface area (Å²) in [5, 5.41) is 2.86. The van der Waals surface area contributed by atoms with Crippen LogP contribution in [0.25, 0.3) is 0 Å². The number of carbonyl (C=O) groups excluding carboxylic acids is 1. The predicted molar refractivity (Wildman–Crippen MR) is 111 cm³/mol. The Morgan fingerprint density at radius 3 is 2.28 bits per heavy atom. The molecule has 2 aromatic carbocycles. The van der Waals surface area contributed by atoms with Crippen molar-refractivity contribution in [2.24, 2.45) is 5.92 Å². The highest BCUT2D eigenvalue weighted by atomic mass is 32.2. The van der Waals surface area contributed by atoms with Crippen LogP contribution in [0.3, 0.4) is 0 Å². The molecule has 1 heterocycles. The Morgan fingerprint density at radius 2 is 1.69 bits per heavy atom. The fourth-order valence-electron chi connectivity index (χ4n) is 3.36. The Balaban J connectivity index is 1.73. The number of sulfonamides is 1. The molecule has 0 spiro atoms. The quantitative estimate of drug-likeness (QED) is 0.779. The zero-order chi connectivity index (χ0) is 21.0. The van der Waals surface area contributed by atoms with Crippen LogP contribution in [-0.4, -0.2) is 45.9 Å². The summed E-state index contributed by atoms with van der Waals surface area (Å²) in [6, 6.07) is 11.9. The van der Waals surface area contributed by atoms with Gasteiger partial charge in [-0.05, 0) is 31.9 Å². The van der Waals surface area contributed by atoms with Gasteiger partial charge in [0.25, 0.3) is 0 Å². The molecule has 156 valence electrons. The largest absolute Gasteiger partial charge is 0.497 e. The van der Waals surface area contributed by atoms with Crippen molar-refractivity contribution in [1.82, 2.24) is 4.31 Å². The van der Waals surface area contributed by atoms with E-state index in [1.807, 2.05) is 6.92 Å². The van der Waals surface area contributed by atoms with Gasteiger partial charge in [-0.15, -0.1) is 0 Å². The van der Waals surface area contributed by atoms with Gasteiger partial charge in [0.15, 0.2) is 0 Å². The van der Waals surface area contributed by atoms with Crippen molar-refractivity contribution < 1.29 is 22.7 Å². The van der Waals surface area contributed by atoms with Crippen LogP contribution in [0.15, 0.2) is 47.4 Å². The summed E-state index contributed by atoms with van der Waals surface area (Å²) in [6.45, 7) is 2.47. The molecule has 0 radical (unpaired) electrons. The highest BCUT2D eigenvalue weighted by Crippen LogP contribution is 2.28. The van der Waals surface area contributed by atoms with Gasteiger partial charge in [0, 0.05) is 37.0 Å². The second kappa shape index (κ2) is 8.84. The van der Waals surface area contributed by atoms with Crippen LogP contribution in [0.1, 0.15) is 18.4 Å². The van der Waals surface area contributed by atoms with Crippen LogP contribution in [0.4, 0.5) is 5.69 Å². The molecule has 8 heteroatoms. The van der Waals surface area contributed by atoms with E-state index >= 15 is 0 Å². The molecule has 1 saturated heterocycles. The van der Waals surface area contributed by atoms with Crippen LogP contribution < -0.4 is 14.8 Å². The highest BCUT2D eigenvalue weighted by Gasteiger charge is 2.33. The third-order valence-corrected chi connectivity index (χ3v) is 6.91. The Bertz CT molecular complexity index is 951. The molecule has 1 N–H and O–H groups in total. The second-order valence-corrected chi connectivity index (χ2v) is 9.04. The molecule has 29 heavy (non-hydrogen) atoms. The number of carbonyl (C=O) groups is 1. The van der Waals surface area contributed by atoms with Gasteiger partial charge < -0.3 is 14.8 Å². The average Bonchev–Trinajstić information content (AvgIpc) is 2.73. The fraction of sp³-hybridized carbons (Fsp3) is 0.381. The Kier molecular flexibility index (Phi) is 6.44. The maximum atomic E-state index is 13.0. The van der Waals surface area contributed by atoms with Crippen LogP contribution >= 0.6 is 0 Å². The minimum Gasteiger partial charge on any atom is -0.497 e. The first-order valence-corrected chi connectivity index (χ1v) is 10.9. The normalized spacial score (nSPS) is 17.6. The van der Waals surface area contributed by atoms with E-state index in [0.29, 0.717) is 36.6 Å². The molecule has 1 atom stereocenters. The minimum atomic E-state index is -3.63. The van der Waals surface area contributed by atoms with Gasteiger partial charge in [0.1, 0.15) is 11.5 Å². The number of aryl methyl sites for hydroxylation is 1. The molecule has 1 aliphatic rings. The van der Waals surface area contributed by atoms with E-state index < -0.39 is 15.9 Å². The third-order valence-electron chi connectivity index (χ3n) is 5.03. The zero-order valence-electron chi connectivity index (χ0n) is 16.8. The summed E-state index contributed by atoms with van der Waals surface area (Å²) in [5.41, 5.74) is 1.54. The molecule has 1 aliphatic heterocycles. The van der Waals surface area contributed by atoms with E-state index in [-0.39, 0.29) is 17.3 Å². The van der Waals surface area contributed by atoms with Gasteiger partial charge in [-0.25, -0.2) is 8.42 Å². The maximum Gasteiger partial charge on any atom is 0.243 e. The predicted octanol–water partition coefficient (Wildman–Crippen LogP) is 3.05. The van der Waals surface area contributed by atoms with Crippen molar-refractivity contribution in [3.8, 4) is 11.5 Å². The summed E-state index contributed by atoms with van der Waals surface area (Å²) in [7, 11) is -0.552. The first-order chi connectivity index (χ1) is 13.8. The molecule has 2 aromatic rings. The summed E-state index contributed by atoms with van der Waals surface area (Å²) >= 11 is 0. The molecule has 0 aromatic heterocycles. The topological polar surface area (TPSA) is 84.9 Å². The van der Waals surface area contributed by atoms with Crippen LogP contribution in [0, 0.1) is 12.8 Å². The first-order valence-electron chi connectivity index (χ1n) is 9.44. The number of amides is 1. The van der Waals surface area contributed by atoms with E-state index in [0.717, 1.165) is 5.56 Å². The molecular formula is C21H26N2O5S. The SMILES string of the molecule is COc1cc(NC(=O)C2CCCN(S(=O)(=O)c3ccc(C)cc3)C2)cc(OC)c1. The van der Waals surface area contributed by atoms with Crippen molar-refractivity contribution in [1.29, 1.82) is 0 Å². The number of nitrogens with one attached hydrogen (secondary N) is 1. The van der Waals surface area contributed by atoms with E-state index in [1.165, 1.54) is 18.5 Å². The molecule has 0 bridgehead atoms. The number of benzene rings is 2. The fourth-order valence-corrected chi connectivity index (χ4v) is 4.88. The first kappa shape index (κ1) is 21.1. The number of hydrogen-bond donors (Lipinski definition) is 1. The van der Waals surface area contributed by atoms with E-state index in [1.54, 1.807) is 42.5 Å². The lowest BCUT2D eigenvalue weighted by molar-refractivity contribution is -0.120. The van der Waals surface area contributed by atoms with Gasteiger partial charge in [-0.3, -0.25) is 4.79 Å². The number of methoxy groups -OCH3 is 2. The van der Waals surface area contributed by atoms with Crippen molar-refractivity contribution in [3.05, 3.63) is 48.0 Å². The molecule has 1 unspecified atom stereocenters. The number of anilines is 1. The van der Waals surface area contributed by atoms with Gasteiger partial charge in [-0.1, -0.05) is 17.7 Å². The van der Waals surface area contributed by atoms with E-state index in [9.17, 15) is 13.2 Å². The van der Waals surface area contributed by atoms with Crippen LogP contribution in [-0.2, 0) is 14.8 Å². The maximum absolute atomic E-state index is 13.0. The van der Waals surface area contributed by atoms with Crippen molar-refractivity contribution >= 4 is 21.6 Å². The summed E-state index contributed by atoms with van der Waals surface area (Å²) in [5.74, 6) is 0.476. The van der Waals surface area contributed by atoms with Gasteiger partial charge in [0.2, 0.25) is 15.9 Å². The van der Waals surface area contributed by atoms with E-state index in [2.05, 4.69) is 5.32 Å². The number of ether oxygens (including phenoxy) is 2. The van der Waals surface area contributed by atoms with Gasteiger partial charge in [0.05, 0.1) is 25.0 Å². The molecule has 1 fully saturated rings. The molecule has 7 nitrogen and oxygen atoms in total. The minimum absolute atomic E-state index is 0.156. The lowest BCUT2D eigenvalue weighted by Gasteiger charge is -2.31. The lowest BCUT2D eigenvalue weighted by Crippen LogP contribution is -2.43.